The molecule has 0 saturated heterocycles. The predicted octanol–water partition coefficient (Wildman–Crippen LogP) is 21.0. The summed E-state index contributed by atoms with van der Waals surface area (Å²) in [6.45, 7) is 0. The first-order valence-electron chi connectivity index (χ1n) is 29.5. The summed E-state index contributed by atoms with van der Waals surface area (Å²) in [6, 6.07) is 99.1. The van der Waals surface area contributed by atoms with E-state index in [0.717, 1.165) is 165 Å². The molecule has 406 valence electrons. The van der Waals surface area contributed by atoms with Crippen molar-refractivity contribution in [1.29, 1.82) is 10.5 Å². The number of hydrogen-bond acceptors (Lipinski definition) is 4. The molecule has 0 fully saturated rings. The van der Waals surface area contributed by atoms with Gasteiger partial charge in [-0.15, -0.1) is 0 Å². The Bertz CT molecular complexity index is 5940. The van der Waals surface area contributed by atoms with Crippen LogP contribution in [0.3, 0.4) is 0 Å². The van der Waals surface area contributed by atoms with Crippen LogP contribution in [0, 0.1) is 22.7 Å². The first kappa shape index (κ1) is 48.1. The third-order valence-electron chi connectivity index (χ3n) is 18.4. The van der Waals surface area contributed by atoms with E-state index in [1.807, 2.05) is 36.4 Å². The van der Waals surface area contributed by atoms with Crippen molar-refractivity contribution in [3.8, 4) is 57.1 Å². The lowest BCUT2D eigenvalue weighted by Gasteiger charge is -2.18. The fraction of sp³-hybridized carbons (Fsp3) is 0. The van der Waals surface area contributed by atoms with Gasteiger partial charge in [0, 0.05) is 65.2 Å². The van der Waals surface area contributed by atoms with Gasteiger partial charge in [-0.2, -0.15) is 10.5 Å². The Morgan fingerprint density at radius 3 is 0.989 bits per heavy atom. The van der Waals surface area contributed by atoms with E-state index in [1.165, 1.54) is 10.8 Å². The Kier molecular flexibility index (Phi) is 9.87. The number of fused-ring (bicyclic) bond motifs is 20. The van der Waals surface area contributed by atoms with Crippen molar-refractivity contribution >= 4 is 131 Å². The number of rotatable bonds is 6. The van der Waals surface area contributed by atoms with Crippen LogP contribution in [0.5, 0.6) is 0 Å². The number of nitrogens with zero attached hydrogens (tertiary/aromatic N) is 6. The second kappa shape index (κ2) is 18.1. The minimum Gasteiger partial charge on any atom is -0.455 e. The van der Waals surface area contributed by atoms with Crippen molar-refractivity contribution < 1.29 is 8.83 Å². The molecular formula is C80H44N6O2. The first-order valence-corrected chi connectivity index (χ1v) is 29.5. The van der Waals surface area contributed by atoms with Crippen LogP contribution in [0.2, 0.25) is 0 Å². The monoisotopic (exact) mass is 1120 g/mol. The van der Waals surface area contributed by atoms with Gasteiger partial charge in [0.1, 0.15) is 34.5 Å². The lowest BCUT2D eigenvalue weighted by atomic mass is 10.00. The second-order valence-corrected chi connectivity index (χ2v) is 23.0. The zero-order valence-corrected chi connectivity index (χ0v) is 46.9. The molecular weight excluding hydrogens is 1080 g/mol. The summed E-state index contributed by atoms with van der Waals surface area (Å²) in [5, 5.41) is 34.7. The molecule has 6 aromatic heterocycles. The van der Waals surface area contributed by atoms with Crippen LogP contribution in [0.15, 0.2) is 276 Å². The van der Waals surface area contributed by atoms with E-state index in [9.17, 15) is 10.5 Å². The van der Waals surface area contributed by atoms with Gasteiger partial charge in [0.15, 0.2) is 0 Å². The highest BCUT2D eigenvalue weighted by molar-refractivity contribution is 6.27. The fourth-order valence-corrected chi connectivity index (χ4v) is 14.6. The second-order valence-electron chi connectivity index (χ2n) is 23.0. The summed E-state index contributed by atoms with van der Waals surface area (Å²) in [7, 11) is 0. The van der Waals surface area contributed by atoms with E-state index in [0.29, 0.717) is 0 Å². The summed E-state index contributed by atoms with van der Waals surface area (Å²) >= 11 is 0. The molecule has 8 nitrogen and oxygen atoms in total. The Balaban J connectivity index is 0.875. The Morgan fingerprint density at radius 2 is 0.580 bits per heavy atom. The summed E-state index contributed by atoms with van der Waals surface area (Å²) in [4.78, 5) is 0. The van der Waals surface area contributed by atoms with Gasteiger partial charge in [-0.1, -0.05) is 133 Å². The molecule has 19 aromatic rings. The highest BCUT2D eigenvalue weighted by Crippen LogP contribution is 2.48. The normalized spacial score (nSPS) is 12.1. The van der Waals surface area contributed by atoms with Crippen LogP contribution in [0.25, 0.3) is 176 Å². The SMILES string of the molecule is N#Cc1cc(-n2c3ccc(-c4ccc5c(c4)c4ccccc4n5-c4ccccc4)cc3c3c4oc5ccccc5c4ccc32)c(-n2c3ccc(-c4ccc5c(c4)c4ccccc4n5-c4ccccc4)cc3c3c4oc5ccccc5c4ccc32)cc1C#N. The topological polar surface area (TPSA) is 93.6 Å². The molecule has 0 aliphatic heterocycles. The summed E-state index contributed by atoms with van der Waals surface area (Å²) in [5.74, 6) is 0. The number of hydrogen-bond donors (Lipinski definition) is 0. The molecule has 8 heteroatoms. The standard InChI is InChI=1S/C80H44N6O2/c81-45-51-43-73(85-69-35-29-49(41-63(69)77-71(85)37-31-59-57-21-9-13-25-75(57)87-79(59)77)47-27-33-67-61(39-47)55-19-7-11-23-65(55)83(67)53-15-3-1-4-16-53)74(44-52(51)46-82)86-70-36-30-50(42-64(70)78-72(86)38-32-60-58-22-10-14-26-76(58)88-80(60)78)48-28-34-68-62(40-48)56-20-8-12-24-66(56)84(68)54-17-5-2-6-18-54/h1-44H. The van der Waals surface area contributed by atoms with Crippen molar-refractivity contribution in [2.24, 2.45) is 0 Å². The van der Waals surface area contributed by atoms with Crippen LogP contribution in [0.1, 0.15) is 11.1 Å². The third-order valence-corrected chi connectivity index (χ3v) is 18.4. The van der Waals surface area contributed by atoms with Crippen LogP contribution >= 0.6 is 0 Å². The van der Waals surface area contributed by atoms with Crippen molar-refractivity contribution in [3.05, 3.63) is 278 Å². The molecule has 0 radical (unpaired) electrons. The van der Waals surface area contributed by atoms with Gasteiger partial charge in [-0.05, 0) is 156 Å². The van der Waals surface area contributed by atoms with E-state index < -0.39 is 0 Å². The Labute approximate surface area is 501 Å². The van der Waals surface area contributed by atoms with Crippen LogP contribution < -0.4 is 0 Å². The van der Waals surface area contributed by atoms with Crippen molar-refractivity contribution in [2.75, 3.05) is 0 Å². The van der Waals surface area contributed by atoms with E-state index >= 15 is 0 Å². The van der Waals surface area contributed by atoms with Gasteiger partial charge in [-0.3, -0.25) is 0 Å². The van der Waals surface area contributed by atoms with Gasteiger partial charge in [-0.25, -0.2) is 0 Å². The fourth-order valence-electron chi connectivity index (χ4n) is 14.6. The van der Waals surface area contributed by atoms with Crippen molar-refractivity contribution in [1.82, 2.24) is 18.3 Å². The molecule has 6 heterocycles. The van der Waals surface area contributed by atoms with Gasteiger partial charge in [0.2, 0.25) is 0 Å². The molecule has 0 N–H and O–H groups in total. The maximum absolute atomic E-state index is 11.0. The van der Waals surface area contributed by atoms with Gasteiger partial charge in [0.05, 0.1) is 77.4 Å². The Morgan fingerprint density at radius 1 is 0.250 bits per heavy atom. The van der Waals surface area contributed by atoms with Crippen LogP contribution in [-0.2, 0) is 0 Å². The third kappa shape index (κ3) is 6.65. The molecule has 0 aliphatic rings. The molecule has 19 rings (SSSR count). The molecule has 0 spiro atoms. The molecule has 0 unspecified atom stereocenters. The van der Waals surface area contributed by atoms with Crippen LogP contribution in [0.4, 0.5) is 0 Å². The number of aromatic nitrogens is 4. The zero-order valence-electron chi connectivity index (χ0n) is 46.9. The Hall–Kier alpha value is -12.4. The van der Waals surface area contributed by atoms with E-state index in [-0.39, 0.29) is 11.1 Å². The van der Waals surface area contributed by atoms with Gasteiger partial charge in [0.25, 0.3) is 0 Å². The summed E-state index contributed by atoms with van der Waals surface area (Å²) < 4.78 is 23.2. The highest BCUT2D eigenvalue weighted by atomic mass is 16.3. The smallest absolute Gasteiger partial charge is 0.145 e. The van der Waals surface area contributed by atoms with Gasteiger partial charge < -0.3 is 27.1 Å². The molecule has 13 aromatic carbocycles. The molecule has 0 saturated carbocycles. The molecule has 0 bridgehead atoms. The van der Waals surface area contributed by atoms with Crippen molar-refractivity contribution in [2.45, 2.75) is 0 Å². The quantitative estimate of drug-likeness (QED) is 0.166. The van der Waals surface area contributed by atoms with E-state index in [1.54, 1.807) is 0 Å². The molecule has 0 amide bonds. The average Bonchev–Trinajstić information content (AvgIpc) is 1.82. The molecule has 0 aliphatic carbocycles. The minimum absolute atomic E-state index is 0.271. The number of nitriles is 2. The highest BCUT2D eigenvalue weighted by Gasteiger charge is 2.27. The number of furan rings is 2. The number of benzene rings is 13. The summed E-state index contributed by atoms with van der Waals surface area (Å²) in [5.41, 5.74) is 19.8. The molecule has 0 atom stereocenters. The van der Waals surface area contributed by atoms with Crippen molar-refractivity contribution in [3.63, 3.8) is 0 Å². The summed E-state index contributed by atoms with van der Waals surface area (Å²) in [6.07, 6.45) is 0. The zero-order chi connectivity index (χ0) is 57.9. The van der Waals surface area contributed by atoms with Gasteiger partial charge >= 0.3 is 0 Å². The maximum atomic E-state index is 11.0. The van der Waals surface area contributed by atoms with Crippen LogP contribution in [-0.4, -0.2) is 18.3 Å². The predicted molar refractivity (Wildman–Crippen MR) is 359 cm³/mol. The first-order chi connectivity index (χ1) is 43.6. The number of para-hydroxylation sites is 6. The largest absolute Gasteiger partial charge is 0.455 e. The lowest BCUT2D eigenvalue weighted by molar-refractivity contribution is 0.672. The minimum atomic E-state index is 0.271. The lowest BCUT2D eigenvalue weighted by Crippen LogP contribution is -2.05. The maximum Gasteiger partial charge on any atom is 0.145 e. The van der Waals surface area contributed by atoms with E-state index in [2.05, 4.69) is 261 Å². The molecule has 88 heavy (non-hydrogen) atoms. The van der Waals surface area contributed by atoms with E-state index in [4.69, 9.17) is 8.83 Å². The average molecular weight is 1120 g/mol.